The number of rotatable bonds is 0. The van der Waals surface area contributed by atoms with Crippen molar-refractivity contribution in [3.63, 3.8) is 0 Å². The maximum atomic E-state index is 3.47. The van der Waals surface area contributed by atoms with Crippen molar-refractivity contribution in [2.75, 3.05) is 0 Å². The predicted octanol–water partition coefficient (Wildman–Crippen LogP) is 0.655. The molecule has 1 N–H and O–H groups in total. The van der Waals surface area contributed by atoms with Gasteiger partial charge in [-0.25, -0.2) is 0 Å². The molecule has 1 aromatic heterocycles. The van der Waals surface area contributed by atoms with Crippen LogP contribution in [0.4, 0.5) is 0 Å². The standard InChI is InChI=1S/C3H3N2.CH3.W.Y/c1-2-4-5-3-1;;;/h1-2H,(H,4,5);1H3;;/q2*-1;+2;. The molecule has 1 heterocycles. The van der Waals surface area contributed by atoms with E-state index in [1.807, 2.05) is 0 Å². The Kier molecular flexibility index (Phi) is 21.8. The molecule has 4 heteroatoms. The van der Waals surface area contributed by atoms with Gasteiger partial charge in [-0.15, -0.1) is 12.4 Å². The van der Waals surface area contributed by atoms with Crippen molar-refractivity contribution in [2.45, 2.75) is 0 Å². The zero-order valence-electron chi connectivity index (χ0n) is 4.59. The average Bonchev–Trinajstić information content (AvgIpc) is 1.76. The summed E-state index contributed by atoms with van der Waals surface area (Å²) in [6, 6.07) is 1.71. The summed E-state index contributed by atoms with van der Waals surface area (Å²) < 4.78 is 0. The Bertz CT molecular complexity index is 70.5. The molecule has 0 bridgehead atoms. The van der Waals surface area contributed by atoms with E-state index in [1.54, 1.807) is 12.3 Å². The minimum absolute atomic E-state index is 0. The molecule has 0 fully saturated rings. The third-order valence-electron chi connectivity index (χ3n) is 0.362. The monoisotopic (exact) mass is 355 g/mol. The number of nitrogens with one attached hydrogen (secondary N) is 1. The maximum Gasteiger partial charge on any atom is 2.00 e. The number of aromatic nitrogens is 2. The van der Waals surface area contributed by atoms with Gasteiger partial charge in [-0.2, -0.15) is 6.07 Å². The average molecular weight is 355 g/mol. The summed E-state index contributed by atoms with van der Waals surface area (Å²) in [5.41, 5.74) is 0. The predicted molar refractivity (Wildman–Crippen MR) is 23.8 cm³/mol. The summed E-state index contributed by atoms with van der Waals surface area (Å²) in [5, 5.41) is 6.03. The van der Waals surface area contributed by atoms with Crippen molar-refractivity contribution in [1.29, 1.82) is 0 Å². The van der Waals surface area contributed by atoms with Crippen molar-refractivity contribution in [3.05, 3.63) is 25.9 Å². The molecule has 1 aromatic rings. The van der Waals surface area contributed by atoms with Crippen LogP contribution < -0.4 is 0 Å². The van der Waals surface area contributed by atoms with Crippen molar-refractivity contribution in [3.8, 4) is 0 Å². The molecule has 0 atom stereocenters. The smallest absolute Gasteiger partial charge is 0.382 e. The fraction of sp³-hybridized carbons (Fsp3) is 0. The third-order valence-corrected chi connectivity index (χ3v) is 0.362. The molecular weight excluding hydrogens is 349 g/mol. The Labute approximate surface area is 89.0 Å². The molecule has 0 spiro atoms. The number of hydrogen-bond acceptors (Lipinski definition) is 1. The summed E-state index contributed by atoms with van der Waals surface area (Å²) in [6.07, 6.45) is 4.26. The van der Waals surface area contributed by atoms with E-state index in [4.69, 9.17) is 0 Å². The largest absolute Gasteiger partial charge is 2.00 e. The molecule has 2 nitrogen and oxygen atoms in total. The molecule has 0 aromatic carbocycles. The van der Waals surface area contributed by atoms with Crippen LogP contribution in [0.15, 0.2) is 12.3 Å². The molecule has 0 saturated carbocycles. The van der Waals surface area contributed by atoms with Crippen LogP contribution in [-0.2, 0) is 53.8 Å². The molecule has 0 saturated heterocycles. The molecule has 0 aliphatic carbocycles. The number of H-pyrrole nitrogens is 1. The van der Waals surface area contributed by atoms with Gasteiger partial charge in [0.1, 0.15) is 0 Å². The van der Waals surface area contributed by atoms with Crippen LogP contribution in [-0.4, -0.2) is 10.2 Å². The van der Waals surface area contributed by atoms with Gasteiger partial charge < -0.3 is 17.6 Å². The minimum atomic E-state index is 0. The van der Waals surface area contributed by atoms with Crippen LogP contribution in [0.2, 0.25) is 0 Å². The molecule has 0 unspecified atom stereocenters. The normalized spacial score (nSPS) is 5.00. The van der Waals surface area contributed by atoms with E-state index in [9.17, 15) is 0 Å². The molecule has 0 aliphatic heterocycles. The van der Waals surface area contributed by atoms with E-state index in [0.717, 1.165) is 0 Å². The molecule has 8 heavy (non-hydrogen) atoms. The van der Waals surface area contributed by atoms with E-state index in [0.29, 0.717) is 0 Å². The van der Waals surface area contributed by atoms with Crippen molar-refractivity contribution in [2.24, 2.45) is 0 Å². The zero-order chi connectivity index (χ0) is 3.54. The third kappa shape index (κ3) is 7.00. The van der Waals surface area contributed by atoms with Crippen LogP contribution in [0, 0.1) is 13.6 Å². The first-order chi connectivity index (χ1) is 2.50. The zero-order valence-corrected chi connectivity index (χ0v) is 10.4. The van der Waals surface area contributed by atoms with Crippen molar-refractivity contribution >= 4 is 0 Å². The van der Waals surface area contributed by atoms with Crippen LogP contribution in [0.25, 0.3) is 0 Å². The number of nitrogens with zero attached hydrogens (tertiary/aromatic N) is 1. The summed E-state index contributed by atoms with van der Waals surface area (Å²) in [6.45, 7) is 0. The Morgan fingerprint density at radius 2 is 2.12 bits per heavy atom. The van der Waals surface area contributed by atoms with Crippen LogP contribution >= 0.6 is 0 Å². The molecule has 0 aliphatic rings. The quantitative estimate of drug-likeness (QED) is 0.681. The fourth-order valence-electron chi connectivity index (χ4n) is 0.186. The van der Waals surface area contributed by atoms with Gasteiger partial charge in [0.2, 0.25) is 0 Å². The van der Waals surface area contributed by atoms with Gasteiger partial charge in [0.15, 0.2) is 0 Å². The Morgan fingerprint density at radius 1 is 1.50 bits per heavy atom. The van der Waals surface area contributed by atoms with E-state index >= 15 is 0 Å². The molecule has 1 rings (SSSR count). The van der Waals surface area contributed by atoms with Gasteiger partial charge in [-0.1, -0.05) is 0 Å². The van der Waals surface area contributed by atoms with E-state index in [1.165, 1.54) is 0 Å². The first kappa shape index (κ1) is 16.0. The summed E-state index contributed by atoms with van der Waals surface area (Å²) in [4.78, 5) is 0. The van der Waals surface area contributed by atoms with Gasteiger partial charge >= 0.3 is 21.1 Å². The fourth-order valence-corrected chi connectivity index (χ4v) is 0.186. The van der Waals surface area contributed by atoms with Crippen molar-refractivity contribution < 1.29 is 53.8 Å². The van der Waals surface area contributed by atoms with Crippen LogP contribution in [0.3, 0.4) is 0 Å². The summed E-state index contributed by atoms with van der Waals surface area (Å²) in [7, 11) is 0. The molecule has 41 valence electrons. The first-order valence-corrected chi connectivity index (χ1v) is 1.36. The Morgan fingerprint density at radius 3 is 2.25 bits per heavy atom. The van der Waals surface area contributed by atoms with Gasteiger partial charge in [0.05, 0.1) is 0 Å². The van der Waals surface area contributed by atoms with Crippen molar-refractivity contribution in [1.82, 2.24) is 10.2 Å². The second-order valence-electron chi connectivity index (χ2n) is 0.703. The van der Waals surface area contributed by atoms with Gasteiger partial charge in [-0.05, 0) is 0 Å². The minimum Gasteiger partial charge on any atom is -0.382 e. The number of hydrogen-bond donors (Lipinski definition) is 1. The Balaban J connectivity index is -0.0000000833. The van der Waals surface area contributed by atoms with Crippen LogP contribution in [0.1, 0.15) is 0 Å². The number of aromatic amines is 1. The first-order valence-electron chi connectivity index (χ1n) is 1.36. The Hall–Kier alpha value is 1.00. The summed E-state index contributed by atoms with van der Waals surface area (Å²) >= 11 is 0. The SMILES string of the molecule is [CH3-].[W+2].[Y].[c-]1cc[nH]n1. The van der Waals surface area contributed by atoms with Gasteiger partial charge in [-0.3, -0.25) is 0 Å². The second-order valence-corrected chi connectivity index (χ2v) is 0.703. The molecule has 1 radical (unpaired) electrons. The van der Waals surface area contributed by atoms with Gasteiger partial charge in [0.25, 0.3) is 0 Å². The second kappa shape index (κ2) is 10.9. The van der Waals surface area contributed by atoms with Gasteiger partial charge in [0, 0.05) is 32.7 Å². The van der Waals surface area contributed by atoms with Crippen LogP contribution in [0.5, 0.6) is 0 Å². The maximum absolute atomic E-state index is 3.47. The molecule has 0 amide bonds. The van der Waals surface area contributed by atoms with E-state index in [-0.39, 0.29) is 61.2 Å². The van der Waals surface area contributed by atoms with E-state index in [2.05, 4.69) is 16.4 Å². The summed E-state index contributed by atoms with van der Waals surface area (Å²) in [5.74, 6) is 0. The van der Waals surface area contributed by atoms with E-state index < -0.39 is 0 Å². The topological polar surface area (TPSA) is 28.7 Å². The molecular formula is C4H6N2WY.